The van der Waals surface area contributed by atoms with Crippen molar-refractivity contribution in [2.45, 2.75) is 32.9 Å². The minimum absolute atomic E-state index is 0.109. The molecule has 1 aromatic rings. The minimum atomic E-state index is -0.698. The third-order valence-electron chi connectivity index (χ3n) is 2.19. The highest BCUT2D eigenvalue weighted by atomic mass is 19.1. The molecule has 84 valence electrons. The first-order valence-electron chi connectivity index (χ1n) is 4.93. The molecule has 0 radical (unpaired) electrons. The van der Waals surface area contributed by atoms with Gasteiger partial charge in [-0.25, -0.2) is 8.78 Å². The zero-order chi connectivity index (χ0) is 11.4. The van der Waals surface area contributed by atoms with Crippen molar-refractivity contribution in [3.8, 4) is 5.75 Å². The Labute approximate surface area is 88.0 Å². The maximum Gasteiger partial charge on any atom is 0.191 e. The summed E-state index contributed by atoms with van der Waals surface area (Å²) in [5.41, 5.74) is 5.71. The van der Waals surface area contributed by atoms with Gasteiger partial charge < -0.3 is 10.5 Å². The van der Waals surface area contributed by atoms with E-state index in [-0.39, 0.29) is 18.4 Å². The van der Waals surface area contributed by atoms with Crippen molar-refractivity contribution in [2.75, 3.05) is 0 Å². The molecule has 4 heteroatoms. The molecule has 0 bridgehead atoms. The fourth-order valence-corrected chi connectivity index (χ4v) is 1.13. The molecule has 0 spiro atoms. The lowest BCUT2D eigenvalue weighted by Gasteiger charge is -2.14. The normalized spacial score (nSPS) is 12.6. The second-order valence-electron chi connectivity index (χ2n) is 3.43. The van der Waals surface area contributed by atoms with Gasteiger partial charge in [0.25, 0.3) is 0 Å². The molecular weight excluding hydrogens is 200 g/mol. The first-order valence-corrected chi connectivity index (χ1v) is 4.93. The average Bonchev–Trinajstić information content (AvgIpc) is 2.22. The summed E-state index contributed by atoms with van der Waals surface area (Å²) in [7, 11) is 0. The molecule has 2 nitrogen and oxygen atoms in total. The smallest absolute Gasteiger partial charge is 0.191 e. The lowest BCUT2D eigenvalue weighted by atomic mass is 10.2. The average molecular weight is 215 g/mol. The Morgan fingerprint density at radius 2 is 1.87 bits per heavy atom. The molecule has 0 aliphatic rings. The third kappa shape index (κ3) is 2.89. The Morgan fingerprint density at radius 3 is 2.27 bits per heavy atom. The Balaban J connectivity index is 2.98. The first-order chi connectivity index (χ1) is 7.08. The highest BCUT2D eigenvalue weighted by Gasteiger charge is 2.14. The maximum atomic E-state index is 13.4. The lowest BCUT2D eigenvalue weighted by Crippen LogP contribution is -2.12. The molecule has 0 saturated heterocycles. The Morgan fingerprint density at radius 1 is 1.33 bits per heavy atom. The lowest BCUT2D eigenvalue weighted by molar-refractivity contribution is 0.197. The number of halogens is 2. The van der Waals surface area contributed by atoms with Crippen molar-refractivity contribution in [1.82, 2.24) is 0 Å². The van der Waals surface area contributed by atoms with E-state index in [4.69, 9.17) is 10.5 Å². The van der Waals surface area contributed by atoms with E-state index >= 15 is 0 Å². The second kappa shape index (κ2) is 5.07. The summed E-state index contributed by atoms with van der Waals surface area (Å²) >= 11 is 0. The number of ether oxygens (including phenoxy) is 1. The molecule has 1 atom stereocenters. The molecular formula is C11H15F2NO. The maximum absolute atomic E-state index is 13.4. The van der Waals surface area contributed by atoms with Crippen molar-refractivity contribution in [3.05, 3.63) is 29.3 Å². The van der Waals surface area contributed by atoms with Gasteiger partial charge in [-0.2, -0.15) is 0 Å². The predicted octanol–water partition coefficient (Wildman–Crippen LogP) is 2.60. The van der Waals surface area contributed by atoms with Crippen molar-refractivity contribution in [1.29, 1.82) is 0 Å². The number of rotatable bonds is 4. The number of nitrogens with two attached hydrogens (primary N) is 1. The van der Waals surface area contributed by atoms with Gasteiger partial charge in [0.15, 0.2) is 17.4 Å². The standard InChI is InChI=1S/C11H15F2NO/c1-3-7(2)15-11-9(12)4-8(6-14)5-10(11)13/h4-5,7H,3,6,14H2,1-2H3. The molecule has 1 aromatic carbocycles. The van der Waals surface area contributed by atoms with Crippen LogP contribution in [-0.2, 0) is 6.54 Å². The van der Waals surface area contributed by atoms with Crippen LogP contribution in [0.15, 0.2) is 12.1 Å². The summed E-state index contributed by atoms with van der Waals surface area (Å²) in [6.45, 7) is 3.75. The van der Waals surface area contributed by atoms with Crippen molar-refractivity contribution < 1.29 is 13.5 Å². The Bertz CT molecular complexity index is 318. The summed E-state index contributed by atoms with van der Waals surface area (Å²) < 4.78 is 31.9. The Hall–Kier alpha value is -1.16. The zero-order valence-corrected chi connectivity index (χ0v) is 8.89. The van der Waals surface area contributed by atoms with E-state index in [9.17, 15) is 8.78 Å². The van der Waals surface area contributed by atoms with E-state index < -0.39 is 11.6 Å². The van der Waals surface area contributed by atoms with Gasteiger partial charge in [0.05, 0.1) is 6.10 Å². The largest absolute Gasteiger partial charge is 0.485 e. The molecule has 1 rings (SSSR count). The van der Waals surface area contributed by atoms with Gasteiger partial charge in [0.2, 0.25) is 0 Å². The van der Waals surface area contributed by atoms with E-state index in [2.05, 4.69) is 0 Å². The van der Waals surface area contributed by atoms with E-state index in [0.717, 1.165) is 0 Å². The molecule has 0 heterocycles. The summed E-state index contributed by atoms with van der Waals surface area (Å²) in [6.07, 6.45) is 0.482. The van der Waals surface area contributed by atoms with Crippen molar-refractivity contribution >= 4 is 0 Å². The summed E-state index contributed by atoms with van der Waals surface area (Å²) in [5.74, 6) is -1.71. The quantitative estimate of drug-likeness (QED) is 0.837. The van der Waals surface area contributed by atoms with Crippen LogP contribution in [-0.4, -0.2) is 6.10 Å². The van der Waals surface area contributed by atoms with E-state index in [1.54, 1.807) is 6.92 Å². The minimum Gasteiger partial charge on any atom is -0.485 e. The zero-order valence-electron chi connectivity index (χ0n) is 8.89. The van der Waals surface area contributed by atoms with Crippen LogP contribution >= 0.6 is 0 Å². The van der Waals surface area contributed by atoms with Crippen molar-refractivity contribution in [3.63, 3.8) is 0 Å². The van der Waals surface area contributed by atoms with Gasteiger partial charge in [0, 0.05) is 6.54 Å². The second-order valence-corrected chi connectivity index (χ2v) is 3.43. The van der Waals surface area contributed by atoms with Gasteiger partial charge in [-0.15, -0.1) is 0 Å². The number of hydrogen-bond donors (Lipinski definition) is 1. The molecule has 15 heavy (non-hydrogen) atoms. The fourth-order valence-electron chi connectivity index (χ4n) is 1.13. The van der Waals surface area contributed by atoms with Crippen LogP contribution in [0.5, 0.6) is 5.75 Å². The summed E-state index contributed by atoms with van der Waals surface area (Å²) in [5, 5.41) is 0. The number of hydrogen-bond acceptors (Lipinski definition) is 2. The van der Waals surface area contributed by atoms with Gasteiger partial charge in [-0.05, 0) is 31.0 Å². The first kappa shape index (κ1) is 11.9. The summed E-state index contributed by atoms with van der Waals surface area (Å²) in [6, 6.07) is 2.39. The van der Waals surface area contributed by atoms with Crippen LogP contribution in [0.3, 0.4) is 0 Å². The molecule has 0 amide bonds. The number of benzene rings is 1. The van der Waals surface area contributed by atoms with Crippen LogP contribution in [0.25, 0.3) is 0 Å². The Kier molecular flexibility index (Phi) is 4.03. The topological polar surface area (TPSA) is 35.2 Å². The molecule has 2 N–H and O–H groups in total. The van der Waals surface area contributed by atoms with Crippen LogP contribution in [0, 0.1) is 11.6 Å². The molecule has 0 fully saturated rings. The molecule has 0 aliphatic carbocycles. The molecule has 1 unspecified atom stereocenters. The van der Waals surface area contributed by atoms with E-state index in [0.29, 0.717) is 12.0 Å². The van der Waals surface area contributed by atoms with Crippen molar-refractivity contribution in [2.24, 2.45) is 5.73 Å². The van der Waals surface area contributed by atoms with Crippen LogP contribution < -0.4 is 10.5 Å². The van der Waals surface area contributed by atoms with Crippen LogP contribution in [0.4, 0.5) is 8.78 Å². The third-order valence-corrected chi connectivity index (χ3v) is 2.19. The highest BCUT2D eigenvalue weighted by molar-refractivity contribution is 5.31. The van der Waals surface area contributed by atoms with E-state index in [1.807, 2.05) is 6.92 Å². The molecule has 0 saturated carbocycles. The monoisotopic (exact) mass is 215 g/mol. The highest BCUT2D eigenvalue weighted by Crippen LogP contribution is 2.24. The fraction of sp³-hybridized carbons (Fsp3) is 0.455. The van der Waals surface area contributed by atoms with Gasteiger partial charge >= 0.3 is 0 Å². The molecule has 0 aliphatic heterocycles. The summed E-state index contributed by atoms with van der Waals surface area (Å²) in [4.78, 5) is 0. The van der Waals surface area contributed by atoms with Crippen LogP contribution in [0.1, 0.15) is 25.8 Å². The molecule has 0 aromatic heterocycles. The van der Waals surface area contributed by atoms with Gasteiger partial charge in [-0.1, -0.05) is 6.92 Å². The predicted molar refractivity (Wildman–Crippen MR) is 54.6 cm³/mol. The van der Waals surface area contributed by atoms with Crippen LogP contribution in [0.2, 0.25) is 0 Å². The van der Waals surface area contributed by atoms with Gasteiger partial charge in [-0.3, -0.25) is 0 Å². The van der Waals surface area contributed by atoms with Gasteiger partial charge in [0.1, 0.15) is 0 Å². The van der Waals surface area contributed by atoms with E-state index in [1.165, 1.54) is 12.1 Å². The SMILES string of the molecule is CCC(C)Oc1c(F)cc(CN)cc1F.